The standard InChI is InChI=1S/C20H39NO2Si/c1-15(2)12-11-13-18(7)14-19(24(8,9)10)23-20(22)21(16(3)4)17(5)6/h12,14,16-17,19H,11,13H2,1-10H3/b18-14-/t19-/m1/s1. The molecule has 0 heterocycles. The molecule has 140 valence electrons. The molecular weight excluding hydrogens is 314 g/mol. The molecule has 0 aliphatic carbocycles. The molecule has 0 bridgehead atoms. The molecule has 1 atom stereocenters. The number of carbonyl (C=O) groups excluding carboxylic acids is 1. The molecule has 24 heavy (non-hydrogen) atoms. The molecule has 1 amide bonds. The Morgan fingerprint density at radius 2 is 1.54 bits per heavy atom. The molecule has 0 aromatic rings. The van der Waals surface area contributed by atoms with Gasteiger partial charge in [-0.3, -0.25) is 0 Å². The molecule has 3 nitrogen and oxygen atoms in total. The number of amides is 1. The summed E-state index contributed by atoms with van der Waals surface area (Å²) < 4.78 is 5.95. The van der Waals surface area contributed by atoms with E-state index in [0.717, 1.165) is 12.8 Å². The number of rotatable bonds is 8. The summed E-state index contributed by atoms with van der Waals surface area (Å²) in [5, 5.41) is 0. The second-order valence-electron chi connectivity index (χ2n) is 8.60. The van der Waals surface area contributed by atoms with Crippen LogP contribution in [0.1, 0.15) is 61.3 Å². The van der Waals surface area contributed by atoms with Crippen molar-refractivity contribution in [2.24, 2.45) is 0 Å². The molecule has 0 saturated heterocycles. The second-order valence-corrected chi connectivity index (χ2v) is 13.9. The maximum absolute atomic E-state index is 12.7. The molecule has 0 aliphatic rings. The molecule has 0 aliphatic heterocycles. The summed E-state index contributed by atoms with van der Waals surface area (Å²) in [6.45, 7) is 21.3. The van der Waals surface area contributed by atoms with E-state index >= 15 is 0 Å². The van der Waals surface area contributed by atoms with Gasteiger partial charge in [-0.1, -0.05) is 36.9 Å². The molecular formula is C20H39NO2Si. The molecule has 0 rings (SSSR count). The SMILES string of the molecule is CC(C)=CCC/C(C)=C\[C@H](OC(=O)N(C(C)C)C(C)C)[Si](C)(C)C. The molecule has 0 radical (unpaired) electrons. The highest BCUT2D eigenvalue weighted by atomic mass is 28.3. The first-order chi connectivity index (χ1) is 10.9. The lowest BCUT2D eigenvalue weighted by molar-refractivity contribution is 0.0765. The zero-order chi connectivity index (χ0) is 19.1. The quantitative estimate of drug-likeness (QED) is 0.385. The van der Waals surface area contributed by atoms with Gasteiger partial charge < -0.3 is 9.64 Å². The number of hydrogen-bond donors (Lipinski definition) is 0. The van der Waals surface area contributed by atoms with E-state index < -0.39 is 8.07 Å². The lowest BCUT2D eigenvalue weighted by Gasteiger charge is -2.34. The van der Waals surface area contributed by atoms with E-state index in [0.29, 0.717) is 0 Å². The Kier molecular flexibility index (Phi) is 9.64. The third-order valence-electron chi connectivity index (χ3n) is 3.93. The van der Waals surface area contributed by atoms with Crippen LogP contribution in [0.4, 0.5) is 4.79 Å². The Labute approximate surface area is 151 Å². The first-order valence-electron chi connectivity index (χ1n) is 9.15. The van der Waals surface area contributed by atoms with Gasteiger partial charge >= 0.3 is 6.09 Å². The van der Waals surface area contributed by atoms with Crippen molar-refractivity contribution in [3.63, 3.8) is 0 Å². The van der Waals surface area contributed by atoms with E-state index in [1.807, 2.05) is 32.6 Å². The monoisotopic (exact) mass is 353 g/mol. The predicted octanol–water partition coefficient (Wildman–Crippen LogP) is 6.18. The van der Waals surface area contributed by atoms with Gasteiger partial charge in [-0.15, -0.1) is 0 Å². The van der Waals surface area contributed by atoms with Crippen LogP contribution in [-0.2, 0) is 4.74 Å². The van der Waals surface area contributed by atoms with E-state index in [2.05, 4.69) is 52.6 Å². The van der Waals surface area contributed by atoms with Crippen LogP contribution in [0.25, 0.3) is 0 Å². The minimum Gasteiger partial charge on any atom is -0.446 e. The van der Waals surface area contributed by atoms with Crippen LogP contribution >= 0.6 is 0 Å². The van der Waals surface area contributed by atoms with Crippen molar-refractivity contribution in [2.75, 3.05) is 0 Å². The third-order valence-corrected chi connectivity index (χ3v) is 5.92. The van der Waals surface area contributed by atoms with Crippen molar-refractivity contribution in [3.05, 3.63) is 23.3 Å². The van der Waals surface area contributed by atoms with Gasteiger partial charge in [0.25, 0.3) is 0 Å². The topological polar surface area (TPSA) is 29.5 Å². The first-order valence-corrected chi connectivity index (χ1v) is 12.7. The average Bonchev–Trinajstić information content (AvgIpc) is 2.35. The average molecular weight is 354 g/mol. The van der Waals surface area contributed by atoms with Crippen LogP contribution in [0.2, 0.25) is 19.6 Å². The summed E-state index contributed by atoms with van der Waals surface area (Å²) in [4.78, 5) is 14.5. The summed E-state index contributed by atoms with van der Waals surface area (Å²) in [5.74, 6) is 0. The smallest absolute Gasteiger partial charge is 0.410 e. The minimum absolute atomic E-state index is 0.0864. The molecule has 0 aromatic heterocycles. The summed E-state index contributed by atoms with van der Waals surface area (Å²) in [6, 6.07) is 0.282. The van der Waals surface area contributed by atoms with Gasteiger partial charge in [0, 0.05) is 12.1 Å². The fourth-order valence-corrected chi connectivity index (χ4v) is 3.82. The Morgan fingerprint density at radius 1 is 1.04 bits per heavy atom. The second kappa shape index (κ2) is 10.1. The maximum atomic E-state index is 12.7. The third kappa shape index (κ3) is 8.72. The number of allylic oxidation sites excluding steroid dienone is 3. The summed E-state index contributed by atoms with van der Waals surface area (Å²) in [7, 11) is -1.65. The van der Waals surface area contributed by atoms with Crippen molar-refractivity contribution in [2.45, 2.75) is 98.8 Å². The molecule has 0 N–H and O–H groups in total. The highest BCUT2D eigenvalue weighted by Gasteiger charge is 2.31. The number of ether oxygens (including phenoxy) is 1. The number of carbonyl (C=O) groups is 1. The van der Waals surface area contributed by atoms with E-state index in [-0.39, 0.29) is 23.9 Å². The van der Waals surface area contributed by atoms with E-state index in [1.165, 1.54) is 11.1 Å². The van der Waals surface area contributed by atoms with E-state index in [1.54, 1.807) is 0 Å². The van der Waals surface area contributed by atoms with Gasteiger partial charge in [0.15, 0.2) is 0 Å². The number of nitrogens with zero attached hydrogens (tertiary/aromatic N) is 1. The number of hydrogen-bond acceptors (Lipinski definition) is 2. The van der Waals surface area contributed by atoms with Gasteiger partial charge in [0.1, 0.15) is 5.73 Å². The predicted molar refractivity (Wildman–Crippen MR) is 108 cm³/mol. The Bertz CT molecular complexity index is 447. The van der Waals surface area contributed by atoms with Crippen LogP contribution in [0.15, 0.2) is 23.3 Å². The highest BCUT2D eigenvalue weighted by Crippen LogP contribution is 2.20. The van der Waals surface area contributed by atoms with Gasteiger partial charge in [0.05, 0.1) is 8.07 Å². The molecule has 4 heteroatoms. The lowest BCUT2D eigenvalue weighted by Crippen LogP contribution is -2.48. The van der Waals surface area contributed by atoms with Crippen LogP contribution in [0, 0.1) is 0 Å². The summed E-state index contributed by atoms with van der Waals surface area (Å²) in [5.41, 5.74) is 2.56. The highest BCUT2D eigenvalue weighted by molar-refractivity contribution is 6.77. The normalized spacial score (nSPS) is 13.9. The van der Waals surface area contributed by atoms with Gasteiger partial charge in [-0.25, -0.2) is 4.79 Å². The Morgan fingerprint density at radius 3 is 1.92 bits per heavy atom. The van der Waals surface area contributed by atoms with Crippen LogP contribution < -0.4 is 0 Å². The summed E-state index contributed by atoms with van der Waals surface area (Å²) in [6.07, 6.45) is 6.30. The van der Waals surface area contributed by atoms with Crippen molar-refractivity contribution in [1.29, 1.82) is 0 Å². The van der Waals surface area contributed by atoms with Gasteiger partial charge in [0.2, 0.25) is 0 Å². The van der Waals surface area contributed by atoms with Crippen molar-refractivity contribution in [1.82, 2.24) is 4.90 Å². The Balaban J connectivity index is 5.16. The van der Waals surface area contributed by atoms with E-state index in [4.69, 9.17) is 4.74 Å². The largest absolute Gasteiger partial charge is 0.446 e. The zero-order valence-electron chi connectivity index (χ0n) is 17.6. The van der Waals surface area contributed by atoms with Crippen molar-refractivity contribution in [3.8, 4) is 0 Å². The fraction of sp³-hybridized carbons (Fsp3) is 0.750. The lowest BCUT2D eigenvalue weighted by atomic mass is 10.1. The zero-order valence-corrected chi connectivity index (χ0v) is 18.6. The van der Waals surface area contributed by atoms with Crippen LogP contribution in [0.3, 0.4) is 0 Å². The maximum Gasteiger partial charge on any atom is 0.410 e. The molecule has 0 unspecified atom stereocenters. The molecule has 0 fully saturated rings. The molecule has 0 spiro atoms. The van der Waals surface area contributed by atoms with Crippen molar-refractivity contribution < 1.29 is 9.53 Å². The first kappa shape index (κ1) is 23.0. The molecule has 0 aromatic carbocycles. The van der Waals surface area contributed by atoms with Crippen molar-refractivity contribution >= 4 is 14.2 Å². The Hall–Kier alpha value is -1.03. The van der Waals surface area contributed by atoms with Crippen LogP contribution in [-0.4, -0.2) is 36.9 Å². The minimum atomic E-state index is -1.65. The van der Waals surface area contributed by atoms with Crippen LogP contribution in [0.5, 0.6) is 0 Å². The van der Waals surface area contributed by atoms with Gasteiger partial charge in [-0.2, -0.15) is 0 Å². The fourth-order valence-electron chi connectivity index (χ4n) is 2.58. The van der Waals surface area contributed by atoms with E-state index in [9.17, 15) is 4.79 Å². The summed E-state index contributed by atoms with van der Waals surface area (Å²) >= 11 is 0. The van der Waals surface area contributed by atoms with Gasteiger partial charge in [-0.05, 0) is 67.4 Å². The molecule has 0 saturated carbocycles.